The molecule has 2 rings (SSSR count). The van der Waals surface area contributed by atoms with Crippen LogP contribution in [0, 0.1) is 0 Å². The Bertz CT molecular complexity index is 345. The molecule has 1 aliphatic heterocycles. The van der Waals surface area contributed by atoms with E-state index in [1.807, 2.05) is 11.1 Å². The summed E-state index contributed by atoms with van der Waals surface area (Å²) in [6, 6.07) is 0. The van der Waals surface area contributed by atoms with E-state index in [1.165, 1.54) is 0 Å². The molecule has 2 atom stereocenters. The lowest BCUT2D eigenvalue weighted by atomic mass is 10.2. The summed E-state index contributed by atoms with van der Waals surface area (Å²) in [5, 5.41) is 9.32. The monoisotopic (exact) mass is 241 g/mol. The zero-order valence-corrected chi connectivity index (χ0v) is 10.2. The number of aliphatic hydroxyl groups excluding tert-OH is 1. The van der Waals surface area contributed by atoms with Crippen molar-refractivity contribution in [1.82, 2.24) is 14.9 Å². The van der Waals surface area contributed by atoms with Crippen LogP contribution in [0.25, 0.3) is 0 Å². The molecule has 17 heavy (non-hydrogen) atoms. The molecule has 4 nitrogen and oxygen atoms in total. The van der Waals surface area contributed by atoms with Crippen molar-refractivity contribution in [2.75, 3.05) is 13.1 Å². The minimum Gasteiger partial charge on any atom is -0.389 e. The molecule has 0 saturated carbocycles. The fraction of sp³-hybridized carbons (Fsp3) is 0.750. The maximum atomic E-state index is 13.1. The van der Waals surface area contributed by atoms with Crippen LogP contribution in [0.3, 0.4) is 0 Å². The third-order valence-corrected chi connectivity index (χ3v) is 3.14. The van der Waals surface area contributed by atoms with E-state index in [2.05, 4.69) is 16.9 Å². The van der Waals surface area contributed by atoms with Gasteiger partial charge >= 0.3 is 0 Å². The van der Waals surface area contributed by atoms with Crippen LogP contribution in [0.1, 0.15) is 31.3 Å². The van der Waals surface area contributed by atoms with Crippen LogP contribution < -0.4 is 0 Å². The number of hydrogen-bond donors (Lipinski definition) is 2. The number of halogens is 1. The zero-order chi connectivity index (χ0) is 12.3. The van der Waals surface area contributed by atoms with Crippen molar-refractivity contribution in [3.05, 3.63) is 17.7 Å². The number of nitrogens with one attached hydrogen (secondary N) is 1. The topological polar surface area (TPSA) is 52.1 Å². The van der Waals surface area contributed by atoms with Gasteiger partial charge in [0.05, 0.1) is 6.10 Å². The average molecular weight is 241 g/mol. The number of aryl methyl sites for hydroxylation is 1. The molecule has 1 aromatic heterocycles. The minimum absolute atomic E-state index is 0.310. The lowest BCUT2D eigenvalue weighted by molar-refractivity contribution is 0.115. The molecule has 0 bridgehead atoms. The Morgan fingerprint density at radius 2 is 2.41 bits per heavy atom. The quantitative estimate of drug-likeness (QED) is 0.816. The van der Waals surface area contributed by atoms with Crippen molar-refractivity contribution < 1.29 is 9.50 Å². The lowest BCUT2D eigenvalue weighted by Gasteiger charge is -2.12. The number of aliphatic hydroxyl groups is 1. The molecular weight excluding hydrogens is 221 g/mol. The third kappa shape index (κ3) is 3.26. The van der Waals surface area contributed by atoms with Gasteiger partial charge in [0.15, 0.2) is 0 Å². The van der Waals surface area contributed by atoms with E-state index in [9.17, 15) is 9.50 Å². The summed E-state index contributed by atoms with van der Waals surface area (Å²) in [4.78, 5) is 9.45. The van der Waals surface area contributed by atoms with Crippen LogP contribution in [0.4, 0.5) is 4.39 Å². The number of imidazole rings is 1. The maximum Gasteiger partial charge on any atom is 0.140 e. The van der Waals surface area contributed by atoms with E-state index in [0.717, 1.165) is 30.8 Å². The van der Waals surface area contributed by atoms with Gasteiger partial charge in [-0.25, -0.2) is 9.37 Å². The van der Waals surface area contributed by atoms with Crippen molar-refractivity contribution in [2.45, 2.75) is 45.0 Å². The number of rotatable bonds is 5. The van der Waals surface area contributed by atoms with E-state index < -0.39 is 12.3 Å². The Morgan fingerprint density at radius 1 is 1.59 bits per heavy atom. The Kier molecular flexibility index (Phi) is 4.12. The largest absolute Gasteiger partial charge is 0.389 e. The molecule has 0 spiro atoms. The van der Waals surface area contributed by atoms with Gasteiger partial charge in [0.1, 0.15) is 12.0 Å². The summed E-state index contributed by atoms with van der Waals surface area (Å²) >= 11 is 0. The number of alkyl halides is 1. The molecule has 1 aliphatic rings. The summed E-state index contributed by atoms with van der Waals surface area (Å²) in [6.07, 6.45) is 3.10. The molecule has 1 fully saturated rings. The van der Waals surface area contributed by atoms with Gasteiger partial charge in [-0.15, -0.1) is 0 Å². The van der Waals surface area contributed by atoms with Crippen molar-refractivity contribution >= 4 is 0 Å². The summed E-state index contributed by atoms with van der Waals surface area (Å²) in [7, 11) is 0. The van der Waals surface area contributed by atoms with Crippen LogP contribution in [0.15, 0.2) is 6.20 Å². The van der Waals surface area contributed by atoms with Crippen molar-refractivity contribution in [1.29, 1.82) is 0 Å². The van der Waals surface area contributed by atoms with Crippen LogP contribution in [-0.4, -0.2) is 45.3 Å². The second-order valence-electron chi connectivity index (χ2n) is 4.74. The third-order valence-electron chi connectivity index (χ3n) is 3.14. The maximum absolute atomic E-state index is 13.1. The molecule has 0 radical (unpaired) electrons. The van der Waals surface area contributed by atoms with Crippen LogP contribution in [0.5, 0.6) is 0 Å². The van der Waals surface area contributed by atoms with Crippen LogP contribution in [0.2, 0.25) is 0 Å². The summed E-state index contributed by atoms with van der Waals surface area (Å²) in [6.45, 7) is 3.50. The second kappa shape index (κ2) is 5.60. The standard InChI is InChI=1S/C12H20FN3O/c1-2-3-4-12-14-5-9(15-12)6-16-7-10(13)11(17)8-16/h5,10-11,17H,2-4,6-8H2,1H3,(H,14,15)/t10-,11-/m1/s1. The van der Waals surface area contributed by atoms with E-state index in [4.69, 9.17) is 0 Å². The molecule has 5 heteroatoms. The summed E-state index contributed by atoms with van der Waals surface area (Å²) in [5.41, 5.74) is 0.998. The summed E-state index contributed by atoms with van der Waals surface area (Å²) in [5.74, 6) is 0.999. The van der Waals surface area contributed by atoms with Gasteiger partial charge in [-0.3, -0.25) is 4.90 Å². The molecule has 2 heterocycles. The average Bonchev–Trinajstić information content (AvgIpc) is 2.85. The Hall–Kier alpha value is -0.940. The van der Waals surface area contributed by atoms with E-state index in [0.29, 0.717) is 19.6 Å². The fourth-order valence-electron chi connectivity index (χ4n) is 2.15. The van der Waals surface area contributed by atoms with E-state index in [1.54, 1.807) is 0 Å². The molecule has 96 valence electrons. The number of H-pyrrole nitrogens is 1. The number of aromatic nitrogens is 2. The van der Waals surface area contributed by atoms with E-state index in [-0.39, 0.29) is 0 Å². The normalized spacial score (nSPS) is 25.6. The van der Waals surface area contributed by atoms with Crippen molar-refractivity contribution in [3.63, 3.8) is 0 Å². The van der Waals surface area contributed by atoms with Crippen LogP contribution >= 0.6 is 0 Å². The highest BCUT2D eigenvalue weighted by Gasteiger charge is 2.31. The number of likely N-dealkylation sites (tertiary alicyclic amines) is 1. The van der Waals surface area contributed by atoms with Gasteiger partial charge in [-0.1, -0.05) is 13.3 Å². The molecule has 2 N–H and O–H groups in total. The van der Waals surface area contributed by atoms with Gasteiger partial charge in [0.25, 0.3) is 0 Å². The zero-order valence-electron chi connectivity index (χ0n) is 10.2. The predicted octanol–water partition coefficient (Wildman–Crippen LogP) is 1.27. The molecule has 1 saturated heterocycles. The fourth-order valence-corrected chi connectivity index (χ4v) is 2.15. The van der Waals surface area contributed by atoms with Gasteiger partial charge in [-0.05, 0) is 6.42 Å². The second-order valence-corrected chi connectivity index (χ2v) is 4.74. The van der Waals surface area contributed by atoms with Crippen molar-refractivity contribution in [3.8, 4) is 0 Å². The highest BCUT2D eigenvalue weighted by atomic mass is 19.1. The number of β-amino-alcohol motifs (C(OH)–C–C–N with tert-alkyl or cyclic N) is 1. The van der Waals surface area contributed by atoms with Crippen molar-refractivity contribution in [2.24, 2.45) is 0 Å². The minimum atomic E-state index is -1.11. The molecular formula is C12H20FN3O. The number of aromatic amines is 1. The molecule has 0 amide bonds. The molecule has 0 unspecified atom stereocenters. The first kappa shape index (κ1) is 12.5. The smallest absolute Gasteiger partial charge is 0.140 e. The first-order valence-electron chi connectivity index (χ1n) is 6.26. The van der Waals surface area contributed by atoms with Gasteiger partial charge in [0.2, 0.25) is 0 Å². The number of nitrogens with zero attached hydrogens (tertiary/aromatic N) is 2. The molecule has 1 aromatic rings. The first-order valence-corrected chi connectivity index (χ1v) is 6.26. The Balaban J connectivity index is 1.85. The van der Waals surface area contributed by atoms with E-state index >= 15 is 0 Å². The lowest BCUT2D eigenvalue weighted by Crippen LogP contribution is -2.21. The molecule has 0 aliphatic carbocycles. The first-order chi connectivity index (χ1) is 8.19. The van der Waals surface area contributed by atoms with Gasteiger partial charge in [-0.2, -0.15) is 0 Å². The van der Waals surface area contributed by atoms with Gasteiger partial charge in [0, 0.05) is 37.9 Å². The number of unbranched alkanes of at least 4 members (excludes halogenated alkanes) is 1. The summed E-state index contributed by atoms with van der Waals surface area (Å²) < 4.78 is 13.1. The molecule has 0 aromatic carbocycles. The number of hydrogen-bond acceptors (Lipinski definition) is 3. The highest BCUT2D eigenvalue weighted by Crippen LogP contribution is 2.15. The predicted molar refractivity (Wildman–Crippen MR) is 63.4 cm³/mol. The van der Waals surface area contributed by atoms with Gasteiger partial charge < -0.3 is 10.1 Å². The Morgan fingerprint density at radius 3 is 3.06 bits per heavy atom. The highest BCUT2D eigenvalue weighted by molar-refractivity contribution is 5.02. The van der Waals surface area contributed by atoms with Crippen LogP contribution in [-0.2, 0) is 13.0 Å². The Labute approximate surface area is 101 Å². The SMILES string of the molecule is CCCCc1ncc(CN2C[C@@H](O)[C@H](F)C2)[nH]1.